The molecule has 1 heterocycles. The molecule has 210 valence electrons. The monoisotopic (exact) mass is 523 g/mol. The van der Waals surface area contributed by atoms with E-state index in [2.05, 4.69) is 23.6 Å². The second-order valence-electron chi connectivity index (χ2n) is 10.4. The van der Waals surface area contributed by atoms with Gasteiger partial charge in [0, 0.05) is 47.2 Å². The van der Waals surface area contributed by atoms with Crippen molar-refractivity contribution in [1.82, 2.24) is 9.80 Å². The van der Waals surface area contributed by atoms with Gasteiger partial charge in [0.05, 0.1) is 0 Å². The molecule has 0 saturated heterocycles. The van der Waals surface area contributed by atoms with Crippen molar-refractivity contribution in [2.75, 3.05) is 57.3 Å². The van der Waals surface area contributed by atoms with Crippen LogP contribution in [0.15, 0.2) is 30.3 Å². The highest BCUT2D eigenvalue weighted by atomic mass is 16.2. The predicted molar refractivity (Wildman–Crippen MR) is 159 cm³/mol. The van der Waals surface area contributed by atoms with E-state index >= 15 is 0 Å². The van der Waals surface area contributed by atoms with E-state index in [0.717, 1.165) is 94.4 Å². The van der Waals surface area contributed by atoms with Crippen LogP contribution in [0.1, 0.15) is 92.4 Å². The van der Waals surface area contributed by atoms with Gasteiger partial charge in [-0.3, -0.25) is 14.5 Å². The fourth-order valence-electron chi connectivity index (χ4n) is 5.60. The molecule has 7 nitrogen and oxygen atoms in total. The number of hydrogen-bond donors (Lipinski definition) is 2. The normalized spacial score (nSPS) is 13.2. The number of carbonyl (C=O) groups excluding carboxylic acids is 2. The van der Waals surface area contributed by atoms with Crippen LogP contribution in [0, 0.1) is 0 Å². The molecule has 0 bridgehead atoms. The van der Waals surface area contributed by atoms with Gasteiger partial charge in [0.15, 0.2) is 0 Å². The minimum atomic E-state index is -0.161. The number of hydrogen-bond acceptors (Lipinski definition) is 6. The summed E-state index contributed by atoms with van der Waals surface area (Å²) in [7, 11) is 0. The van der Waals surface area contributed by atoms with E-state index in [9.17, 15) is 9.59 Å². The highest BCUT2D eigenvalue weighted by molar-refractivity contribution is 6.26. The summed E-state index contributed by atoms with van der Waals surface area (Å²) in [6.45, 7) is 11.3. The first kappa shape index (κ1) is 30.1. The third-order valence-corrected chi connectivity index (χ3v) is 7.79. The Hall–Kier alpha value is -2.48. The van der Waals surface area contributed by atoms with Crippen LogP contribution in [0.3, 0.4) is 0 Å². The molecular formula is C31H49N5O2. The third-order valence-electron chi connectivity index (χ3n) is 7.79. The Morgan fingerprint density at radius 1 is 0.684 bits per heavy atom. The number of unbranched alkanes of at least 4 members (excludes halogenated alkanes) is 6. The van der Waals surface area contributed by atoms with Crippen LogP contribution >= 0.6 is 0 Å². The average molecular weight is 524 g/mol. The number of imide groups is 1. The van der Waals surface area contributed by atoms with Crippen LogP contribution in [0.5, 0.6) is 0 Å². The molecule has 1 aliphatic heterocycles. The van der Waals surface area contributed by atoms with E-state index in [-0.39, 0.29) is 11.8 Å². The Labute approximate surface area is 229 Å². The van der Waals surface area contributed by atoms with Crippen molar-refractivity contribution in [3.05, 3.63) is 41.5 Å². The van der Waals surface area contributed by atoms with Gasteiger partial charge < -0.3 is 21.3 Å². The second kappa shape index (κ2) is 15.8. The summed E-state index contributed by atoms with van der Waals surface area (Å²) >= 11 is 0. The van der Waals surface area contributed by atoms with Crippen molar-refractivity contribution in [3.63, 3.8) is 0 Å². The molecule has 3 rings (SSSR count). The van der Waals surface area contributed by atoms with Crippen LogP contribution in [-0.4, -0.2) is 74.0 Å². The van der Waals surface area contributed by atoms with E-state index in [0.29, 0.717) is 17.7 Å². The number of nitrogens with zero attached hydrogens (tertiary/aromatic N) is 3. The van der Waals surface area contributed by atoms with E-state index in [1.807, 2.05) is 30.3 Å². The first-order chi connectivity index (χ1) is 18.6. The average Bonchev–Trinajstić information content (AvgIpc) is 2.94. The number of nitrogens with two attached hydrogens (primary N) is 2. The highest BCUT2D eigenvalue weighted by Gasteiger charge is 2.33. The summed E-state index contributed by atoms with van der Waals surface area (Å²) in [6.07, 6.45) is 9.81. The van der Waals surface area contributed by atoms with Crippen LogP contribution < -0.4 is 16.4 Å². The van der Waals surface area contributed by atoms with E-state index in [4.69, 9.17) is 11.5 Å². The molecule has 38 heavy (non-hydrogen) atoms. The molecule has 0 radical (unpaired) electrons. The Morgan fingerprint density at radius 2 is 1.24 bits per heavy atom. The van der Waals surface area contributed by atoms with Gasteiger partial charge in [-0.05, 0) is 103 Å². The first-order valence-electron chi connectivity index (χ1n) is 14.9. The number of rotatable bonds is 19. The summed E-state index contributed by atoms with van der Waals surface area (Å²) in [6, 6.07) is 9.79. The Bertz CT molecular complexity index is 1000. The fourth-order valence-corrected chi connectivity index (χ4v) is 5.60. The smallest absolute Gasteiger partial charge is 0.261 e. The number of benzene rings is 2. The molecule has 0 atom stereocenters. The maximum atomic E-state index is 13.4. The van der Waals surface area contributed by atoms with Crippen molar-refractivity contribution in [2.24, 2.45) is 11.5 Å². The zero-order valence-corrected chi connectivity index (χ0v) is 23.7. The summed E-state index contributed by atoms with van der Waals surface area (Å²) < 4.78 is 0. The zero-order chi connectivity index (χ0) is 27.3. The number of amides is 2. The van der Waals surface area contributed by atoms with Gasteiger partial charge in [0.1, 0.15) is 0 Å². The van der Waals surface area contributed by atoms with Crippen molar-refractivity contribution in [2.45, 2.75) is 71.6 Å². The molecular weight excluding hydrogens is 474 g/mol. The van der Waals surface area contributed by atoms with Crippen LogP contribution in [0.2, 0.25) is 0 Å². The van der Waals surface area contributed by atoms with E-state index in [1.165, 1.54) is 30.6 Å². The molecule has 0 aromatic heterocycles. The Morgan fingerprint density at radius 3 is 1.79 bits per heavy atom. The topological polar surface area (TPSA) is 95.9 Å². The lowest BCUT2D eigenvalue weighted by Crippen LogP contribution is -2.41. The zero-order valence-electron chi connectivity index (χ0n) is 23.7. The summed E-state index contributed by atoms with van der Waals surface area (Å²) in [5.74, 6) is -0.322. The predicted octanol–water partition coefficient (Wildman–Crippen LogP) is 5.01. The van der Waals surface area contributed by atoms with Crippen LogP contribution in [0.4, 0.5) is 5.69 Å². The summed E-state index contributed by atoms with van der Waals surface area (Å²) in [4.78, 5) is 33.1. The molecule has 7 heteroatoms. The molecule has 0 saturated carbocycles. The van der Waals surface area contributed by atoms with Gasteiger partial charge in [0.25, 0.3) is 11.8 Å². The third kappa shape index (κ3) is 7.55. The molecule has 0 spiro atoms. The maximum Gasteiger partial charge on any atom is 0.261 e. The van der Waals surface area contributed by atoms with Crippen molar-refractivity contribution in [1.29, 1.82) is 0 Å². The van der Waals surface area contributed by atoms with Gasteiger partial charge in [-0.25, -0.2) is 0 Å². The second-order valence-corrected chi connectivity index (χ2v) is 10.4. The maximum absolute atomic E-state index is 13.4. The number of anilines is 1. The molecule has 4 N–H and O–H groups in total. The van der Waals surface area contributed by atoms with Gasteiger partial charge in [-0.2, -0.15) is 0 Å². The highest BCUT2D eigenvalue weighted by Crippen LogP contribution is 2.36. The summed E-state index contributed by atoms with van der Waals surface area (Å²) in [5, 5.41) is 1.80. The SMILES string of the molecule is CCN(CC)c1ccc2c3c(cccc13)C(=O)N(CCCCCN(CCCCCN)CCCCCN)C2=O. The van der Waals surface area contributed by atoms with Gasteiger partial charge in [0.2, 0.25) is 0 Å². The minimum Gasteiger partial charge on any atom is -0.372 e. The van der Waals surface area contributed by atoms with Crippen molar-refractivity contribution in [3.8, 4) is 0 Å². The molecule has 1 aliphatic rings. The van der Waals surface area contributed by atoms with Gasteiger partial charge in [-0.15, -0.1) is 0 Å². The standard InChI is InChI=1S/C31H49N5O2/c1-3-35(4-2)28-18-17-27-29-25(28)15-14-16-26(29)30(37)36(31(27)38)24-13-7-12-23-34(21-10-5-8-19-32)22-11-6-9-20-33/h14-18H,3-13,19-24,32-33H2,1-2H3. The van der Waals surface area contributed by atoms with Gasteiger partial charge >= 0.3 is 0 Å². The molecule has 0 aliphatic carbocycles. The van der Waals surface area contributed by atoms with E-state index < -0.39 is 0 Å². The molecule has 0 fully saturated rings. The van der Waals surface area contributed by atoms with Gasteiger partial charge in [-0.1, -0.05) is 31.4 Å². The summed E-state index contributed by atoms with van der Waals surface area (Å²) in [5.41, 5.74) is 13.7. The quantitative estimate of drug-likeness (QED) is 0.198. The van der Waals surface area contributed by atoms with Crippen molar-refractivity contribution >= 4 is 28.3 Å². The molecule has 2 amide bonds. The fraction of sp³-hybridized carbons (Fsp3) is 0.613. The lowest BCUT2D eigenvalue weighted by atomic mass is 9.92. The first-order valence-corrected chi connectivity index (χ1v) is 14.9. The molecule has 2 aromatic rings. The Kier molecular flexibility index (Phi) is 12.5. The van der Waals surface area contributed by atoms with Crippen LogP contribution in [-0.2, 0) is 0 Å². The van der Waals surface area contributed by atoms with Crippen LogP contribution in [0.25, 0.3) is 10.8 Å². The largest absolute Gasteiger partial charge is 0.372 e. The van der Waals surface area contributed by atoms with E-state index in [1.54, 1.807) is 0 Å². The van der Waals surface area contributed by atoms with Crippen molar-refractivity contribution < 1.29 is 9.59 Å². The minimum absolute atomic E-state index is 0.161. The Balaban J connectivity index is 1.57. The molecule has 0 unspecified atom stereocenters. The number of carbonyl (C=O) groups is 2. The lowest BCUT2D eigenvalue weighted by Gasteiger charge is -2.30. The molecule has 2 aromatic carbocycles. The lowest BCUT2D eigenvalue weighted by molar-refractivity contribution is 0.0607.